The van der Waals surface area contributed by atoms with Crippen LogP contribution in [0.3, 0.4) is 0 Å². The fraction of sp³-hybridized carbons (Fsp3) is 0.350. The van der Waals surface area contributed by atoms with Crippen molar-refractivity contribution >= 4 is 21.6 Å². The summed E-state index contributed by atoms with van der Waals surface area (Å²) in [6, 6.07) is 14.0. The van der Waals surface area contributed by atoms with Gasteiger partial charge in [-0.25, -0.2) is 13.1 Å². The van der Waals surface area contributed by atoms with Crippen LogP contribution >= 0.6 is 0 Å². The van der Waals surface area contributed by atoms with Gasteiger partial charge in [-0.2, -0.15) is 0 Å². The van der Waals surface area contributed by atoms with Crippen LogP contribution in [-0.2, 0) is 21.2 Å². The lowest BCUT2D eigenvalue weighted by Crippen LogP contribution is -2.35. The first-order valence-corrected chi connectivity index (χ1v) is 10.4. The number of rotatable bonds is 7. The van der Waals surface area contributed by atoms with Crippen molar-refractivity contribution in [1.82, 2.24) is 4.72 Å². The predicted molar refractivity (Wildman–Crippen MR) is 105 cm³/mol. The molecular formula is C20H24N2O4S. The van der Waals surface area contributed by atoms with Gasteiger partial charge >= 0.3 is 0 Å². The molecule has 0 radical (unpaired) electrons. The van der Waals surface area contributed by atoms with Crippen LogP contribution in [0.2, 0.25) is 0 Å². The summed E-state index contributed by atoms with van der Waals surface area (Å²) in [5, 5.41) is 0. The van der Waals surface area contributed by atoms with Crippen LogP contribution in [0, 0.1) is 0 Å². The summed E-state index contributed by atoms with van der Waals surface area (Å²) in [7, 11) is -2.02. The van der Waals surface area contributed by atoms with Crippen molar-refractivity contribution in [1.29, 1.82) is 0 Å². The number of nitrogens with zero attached hydrogens (tertiary/aromatic N) is 1. The number of sulfonamides is 1. The molecule has 1 atom stereocenters. The van der Waals surface area contributed by atoms with Gasteiger partial charge < -0.3 is 9.64 Å². The molecule has 1 heterocycles. The van der Waals surface area contributed by atoms with Crippen LogP contribution in [0.15, 0.2) is 53.4 Å². The Morgan fingerprint density at radius 1 is 1.19 bits per heavy atom. The molecule has 2 aromatic carbocycles. The minimum absolute atomic E-state index is 0.0701. The maximum Gasteiger partial charge on any atom is 0.258 e. The van der Waals surface area contributed by atoms with Gasteiger partial charge in [0.2, 0.25) is 10.0 Å². The summed E-state index contributed by atoms with van der Waals surface area (Å²) in [6.45, 7) is 2.81. The summed E-state index contributed by atoms with van der Waals surface area (Å²) in [6.07, 6.45) is 1.42. The Hall–Kier alpha value is -2.22. The summed E-state index contributed by atoms with van der Waals surface area (Å²) < 4.78 is 32.0. The molecule has 1 amide bonds. The Morgan fingerprint density at radius 2 is 1.89 bits per heavy atom. The standard InChI is InChI=1S/C20H24N2O4S/c1-15-14-17-6-3-4-7-19(17)22(15)20(23)16-8-10-18(11-9-16)27(24,25)21-12-5-13-26-2/h3-4,6-11,15,21H,5,12-14H2,1-2H3. The molecule has 1 N–H and O–H groups in total. The second kappa shape index (κ2) is 8.21. The highest BCUT2D eigenvalue weighted by Gasteiger charge is 2.31. The second-order valence-corrected chi connectivity index (χ2v) is 8.39. The molecule has 27 heavy (non-hydrogen) atoms. The molecule has 6 nitrogen and oxygen atoms in total. The predicted octanol–water partition coefficient (Wildman–Crippen LogP) is 2.59. The number of methoxy groups -OCH3 is 1. The zero-order valence-electron chi connectivity index (χ0n) is 15.5. The van der Waals surface area contributed by atoms with E-state index < -0.39 is 10.0 Å². The van der Waals surface area contributed by atoms with Crippen molar-refractivity contribution < 1.29 is 17.9 Å². The van der Waals surface area contributed by atoms with Crippen molar-refractivity contribution in [2.24, 2.45) is 0 Å². The summed E-state index contributed by atoms with van der Waals surface area (Å²) in [5.74, 6) is -0.121. The van der Waals surface area contributed by atoms with E-state index in [0.29, 0.717) is 25.1 Å². The average Bonchev–Trinajstić information content (AvgIpc) is 3.00. The van der Waals surface area contributed by atoms with Gasteiger partial charge in [0, 0.05) is 37.6 Å². The first-order chi connectivity index (χ1) is 12.9. The SMILES string of the molecule is COCCCNS(=O)(=O)c1ccc(C(=O)N2c3ccccc3CC2C)cc1. The van der Waals surface area contributed by atoms with Crippen LogP contribution in [-0.4, -0.2) is 40.6 Å². The molecule has 0 aromatic heterocycles. The molecular weight excluding hydrogens is 364 g/mol. The Kier molecular flexibility index (Phi) is 5.94. The third kappa shape index (κ3) is 4.21. The lowest BCUT2D eigenvalue weighted by molar-refractivity contribution is 0.0981. The number of carbonyl (C=O) groups excluding carboxylic acids is 1. The van der Waals surface area contributed by atoms with Crippen molar-refractivity contribution in [2.75, 3.05) is 25.2 Å². The van der Waals surface area contributed by atoms with Gasteiger partial charge in [-0.15, -0.1) is 0 Å². The van der Waals surface area contributed by atoms with Gasteiger partial charge in [0.25, 0.3) is 5.91 Å². The third-order valence-electron chi connectivity index (χ3n) is 4.65. The molecule has 0 spiro atoms. The van der Waals surface area contributed by atoms with E-state index in [4.69, 9.17) is 4.74 Å². The second-order valence-electron chi connectivity index (χ2n) is 6.63. The Labute approximate surface area is 160 Å². The van der Waals surface area contributed by atoms with Crippen LogP contribution in [0.4, 0.5) is 5.69 Å². The van der Waals surface area contributed by atoms with E-state index in [1.807, 2.05) is 31.2 Å². The summed E-state index contributed by atoms with van der Waals surface area (Å²) in [4.78, 5) is 14.9. The Balaban J connectivity index is 1.75. The first-order valence-electron chi connectivity index (χ1n) is 8.94. The van der Waals surface area contributed by atoms with Gasteiger partial charge in [0.1, 0.15) is 0 Å². The molecule has 0 saturated heterocycles. The number of hydrogen-bond donors (Lipinski definition) is 1. The lowest BCUT2D eigenvalue weighted by Gasteiger charge is -2.23. The first kappa shape index (κ1) is 19.5. The normalized spacial score (nSPS) is 16.4. The van der Waals surface area contributed by atoms with Crippen LogP contribution in [0.25, 0.3) is 0 Å². The number of nitrogens with one attached hydrogen (secondary N) is 1. The smallest absolute Gasteiger partial charge is 0.258 e. The zero-order valence-corrected chi connectivity index (χ0v) is 16.3. The molecule has 144 valence electrons. The molecule has 1 aliphatic heterocycles. The van der Waals surface area contributed by atoms with Crippen molar-refractivity contribution in [3.63, 3.8) is 0 Å². The van der Waals surface area contributed by atoms with E-state index in [2.05, 4.69) is 4.72 Å². The van der Waals surface area contributed by atoms with E-state index in [1.165, 1.54) is 12.1 Å². The number of carbonyl (C=O) groups is 1. The van der Waals surface area contributed by atoms with Crippen molar-refractivity contribution in [3.05, 3.63) is 59.7 Å². The number of fused-ring (bicyclic) bond motifs is 1. The lowest BCUT2D eigenvalue weighted by atomic mass is 10.1. The molecule has 3 rings (SSSR count). The van der Waals surface area contributed by atoms with Crippen molar-refractivity contribution in [3.8, 4) is 0 Å². The molecule has 7 heteroatoms. The van der Waals surface area contributed by atoms with Gasteiger partial charge in [0.05, 0.1) is 4.90 Å². The number of amides is 1. The van der Waals surface area contributed by atoms with E-state index in [1.54, 1.807) is 24.1 Å². The van der Waals surface area contributed by atoms with Gasteiger partial charge in [-0.05, 0) is 55.7 Å². The largest absolute Gasteiger partial charge is 0.385 e. The number of hydrogen-bond acceptors (Lipinski definition) is 4. The van der Waals surface area contributed by atoms with Crippen LogP contribution in [0.5, 0.6) is 0 Å². The summed E-state index contributed by atoms with van der Waals surface area (Å²) in [5.41, 5.74) is 2.54. The summed E-state index contributed by atoms with van der Waals surface area (Å²) >= 11 is 0. The molecule has 2 aromatic rings. The zero-order chi connectivity index (χ0) is 19.4. The fourth-order valence-corrected chi connectivity index (χ4v) is 4.37. The van der Waals surface area contributed by atoms with E-state index >= 15 is 0 Å². The fourth-order valence-electron chi connectivity index (χ4n) is 3.30. The number of ether oxygens (including phenoxy) is 1. The number of para-hydroxylation sites is 1. The highest BCUT2D eigenvalue weighted by atomic mass is 32.2. The van der Waals surface area contributed by atoms with Crippen LogP contribution < -0.4 is 9.62 Å². The molecule has 0 fully saturated rings. The topological polar surface area (TPSA) is 75.7 Å². The highest BCUT2D eigenvalue weighted by molar-refractivity contribution is 7.89. The van der Waals surface area contributed by atoms with Gasteiger partial charge in [-0.1, -0.05) is 18.2 Å². The minimum Gasteiger partial charge on any atom is -0.385 e. The van der Waals surface area contributed by atoms with Gasteiger partial charge in [0.15, 0.2) is 0 Å². The van der Waals surface area contributed by atoms with E-state index in [0.717, 1.165) is 17.7 Å². The maximum absolute atomic E-state index is 13.0. The Bertz CT molecular complexity index is 910. The molecule has 0 bridgehead atoms. The number of anilines is 1. The van der Waals surface area contributed by atoms with Crippen molar-refractivity contribution in [2.45, 2.75) is 30.7 Å². The molecule has 1 aliphatic rings. The maximum atomic E-state index is 13.0. The molecule has 1 unspecified atom stereocenters. The quantitative estimate of drug-likeness (QED) is 0.740. The minimum atomic E-state index is -3.59. The Morgan fingerprint density at radius 3 is 2.59 bits per heavy atom. The monoisotopic (exact) mass is 388 g/mol. The van der Waals surface area contributed by atoms with Gasteiger partial charge in [-0.3, -0.25) is 4.79 Å². The average molecular weight is 388 g/mol. The molecule has 0 saturated carbocycles. The third-order valence-corrected chi connectivity index (χ3v) is 6.13. The highest BCUT2D eigenvalue weighted by Crippen LogP contribution is 2.33. The van der Waals surface area contributed by atoms with E-state index in [-0.39, 0.29) is 16.8 Å². The van der Waals surface area contributed by atoms with Crippen LogP contribution in [0.1, 0.15) is 29.3 Å². The molecule has 0 aliphatic carbocycles. The number of benzene rings is 2. The van der Waals surface area contributed by atoms with E-state index in [9.17, 15) is 13.2 Å².